The normalized spacial score (nSPS) is 18.5. The summed E-state index contributed by atoms with van der Waals surface area (Å²) in [5, 5.41) is 3.36. The summed E-state index contributed by atoms with van der Waals surface area (Å²) >= 11 is 2.72. The summed E-state index contributed by atoms with van der Waals surface area (Å²) in [4.78, 5) is 65.5. The molecule has 0 unspecified atom stereocenters. The van der Waals surface area contributed by atoms with Gasteiger partial charge >= 0.3 is 23.9 Å². The van der Waals surface area contributed by atoms with Crippen LogP contribution in [0.3, 0.4) is 0 Å². The summed E-state index contributed by atoms with van der Waals surface area (Å²) in [6.07, 6.45) is 0. The molecule has 3 aliphatic heterocycles. The highest BCUT2D eigenvalue weighted by Gasteiger charge is 2.60. The van der Waals surface area contributed by atoms with Gasteiger partial charge in [0.15, 0.2) is 0 Å². The molecule has 4 rings (SSSR count). The highest BCUT2D eigenvalue weighted by molar-refractivity contribution is 8.26. The van der Waals surface area contributed by atoms with Crippen LogP contribution >= 0.6 is 35.3 Å². The zero-order valence-corrected chi connectivity index (χ0v) is 25.1. The number of thioether (sulfide) groups is 3. The van der Waals surface area contributed by atoms with Crippen molar-refractivity contribution in [3.63, 3.8) is 0 Å². The molecule has 3 aliphatic rings. The number of hydrogen-bond acceptors (Lipinski definition) is 13. The van der Waals surface area contributed by atoms with E-state index in [2.05, 4.69) is 5.32 Å². The van der Waals surface area contributed by atoms with Crippen molar-refractivity contribution in [2.24, 2.45) is 5.73 Å². The van der Waals surface area contributed by atoms with Crippen molar-refractivity contribution in [2.45, 2.75) is 30.4 Å². The van der Waals surface area contributed by atoms with Crippen molar-refractivity contribution < 1.29 is 42.9 Å². The lowest BCUT2D eigenvalue weighted by molar-refractivity contribution is -0.138. The average molecular weight is 607 g/mol. The number of rotatable bonds is 5. The van der Waals surface area contributed by atoms with E-state index in [1.807, 2.05) is 13.8 Å². The molecule has 1 aromatic rings. The van der Waals surface area contributed by atoms with E-state index in [4.69, 9.17) is 24.7 Å². The molecule has 11 nitrogen and oxygen atoms in total. The Hall–Kier alpha value is -3.36. The molecule has 0 atom stereocenters. The second kappa shape index (κ2) is 10.6. The van der Waals surface area contributed by atoms with Crippen LogP contribution in [-0.2, 0) is 38.1 Å². The van der Waals surface area contributed by atoms with Crippen molar-refractivity contribution >= 4 is 76.3 Å². The number of aryl methyl sites for hydroxylation is 1. The average Bonchev–Trinajstić information content (AvgIpc) is 3.31. The summed E-state index contributed by atoms with van der Waals surface area (Å²) in [6.45, 7) is 5.43. The van der Waals surface area contributed by atoms with Gasteiger partial charge in [0.05, 0.1) is 50.8 Å². The molecular formula is C26H26N2O9S3. The summed E-state index contributed by atoms with van der Waals surface area (Å²) in [7, 11) is 4.65. The van der Waals surface area contributed by atoms with Gasteiger partial charge in [0, 0.05) is 16.0 Å². The maximum atomic E-state index is 13.5. The molecule has 0 aromatic heterocycles. The van der Waals surface area contributed by atoms with Gasteiger partial charge in [-0.2, -0.15) is 0 Å². The Bertz CT molecular complexity index is 1460. The summed E-state index contributed by atoms with van der Waals surface area (Å²) < 4.78 is 18.5. The van der Waals surface area contributed by atoms with Gasteiger partial charge in [-0.15, -0.1) is 0 Å². The van der Waals surface area contributed by atoms with E-state index >= 15 is 0 Å². The SMILES string of the molecule is COC(=O)C1=C(C(=O)OC)SC2(S1)C(C(=O)OC)=C(C(=O)OC)SC1=C2c2cc(C)cc(C(N)=O)c2NC1(C)C. The van der Waals surface area contributed by atoms with E-state index in [1.165, 1.54) is 7.11 Å². The minimum atomic E-state index is -1.64. The Morgan fingerprint density at radius 3 is 1.77 bits per heavy atom. The molecule has 1 spiro atoms. The number of nitrogens with two attached hydrogens (primary N) is 1. The molecule has 0 fully saturated rings. The van der Waals surface area contributed by atoms with Crippen LogP contribution in [0.2, 0.25) is 0 Å². The fourth-order valence-electron chi connectivity index (χ4n) is 4.67. The number of nitrogens with one attached hydrogen (secondary N) is 1. The van der Waals surface area contributed by atoms with Crippen molar-refractivity contribution in [1.82, 2.24) is 0 Å². The Morgan fingerprint density at radius 2 is 1.30 bits per heavy atom. The van der Waals surface area contributed by atoms with Crippen molar-refractivity contribution in [2.75, 3.05) is 33.8 Å². The van der Waals surface area contributed by atoms with Crippen LogP contribution in [0.1, 0.15) is 35.3 Å². The zero-order valence-electron chi connectivity index (χ0n) is 22.6. The van der Waals surface area contributed by atoms with Gasteiger partial charge < -0.3 is 30.0 Å². The topological polar surface area (TPSA) is 160 Å². The highest BCUT2D eigenvalue weighted by atomic mass is 32.2. The minimum Gasteiger partial charge on any atom is -0.466 e. The number of methoxy groups -OCH3 is 4. The van der Waals surface area contributed by atoms with Crippen LogP contribution < -0.4 is 11.1 Å². The third kappa shape index (κ3) is 4.47. The van der Waals surface area contributed by atoms with Crippen LogP contribution in [0, 0.1) is 6.92 Å². The standard InChI is InChI=1S/C26H26N2O9S3/c1-10-8-11-13-19(25(2,3)28-15(11)12(9-10)20(27)29)38-16(22(31)35-5)14(21(30)34-4)26(13)39-17(23(32)36-6)18(40-26)24(33)37-7/h8-9,28H,1-7H3,(H2,27,29). The Kier molecular flexibility index (Phi) is 7.82. The second-order valence-electron chi connectivity index (χ2n) is 9.30. The zero-order chi connectivity index (χ0) is 29.7. The molecule has 3 heterocycles. The van der Waals surface area contributed by atoms with Gasteiger partial charge in [0.2, 0.25) is 0 Å². The highest BCUT2D eigenvalue weighted by Crippen LogP contribution is 2.70. The van der Waals surface area contributed by atoms with Gasteiger partial charge in [-0.1, -0.05) is 35.3 Å². The first-order valence-electron chi connectivity index (χ1n) is 11.6. The lowest BCUT2D eigenvalue weighted by Crippen LogP contribution is -2.44. The Morgan fingerprint density at radius 1 is 0.800 bits per heavy atom. The van der Waals surface area contributed by atoms with Gasteiger partial charge in [-0.25, -0.2) is 19.2 Å². The largest absolute Gasteiger partial charge is 0.466 e. The maximum Gasteiger partial charge on any atom is 0.345 e. The number of benzene rings is 1. The van der Waals surface area contributed by atoms with E-state index in [1.54, 1.807) is 19.1 Å². The van der Waals surface area contributed by atoms with E-state index in [0.717, 1.165) is 56.6 Å². The van der Waals surface area contributed by atoms with Gasteiger partial charge in [-0.05, 0) is 38.5 Å². The number of primary amides is 1. The molecule has 0 radical (unpaired) electrons. The lowest BCUT2D eigenvalue weighted by Gasteiger charge is -2.46. The number of esters is 4. The number of anilines is 1. The molecule has 0 bridgehead atoms. The number of amides is 1. The minimum absolute atomic E-state index is 0.0791. The van der Waals surface area contributed by atoms with Gasteiger partial charge in [0.25, 0.3) is 5.91 Å². The van der Waals surface area contributed by atoms with Crippen LogP contribution in [0.5, 0.6) is 0 Å². The second-order valence-corrected chi connectivity index (χ2v) is 13.0. The third-order valence-corrected chi connectivity index (χ3v) is 11.0. The summed E-state index contributed by atoms with van der Waals surface area (Å²) in [6, 6.07) is 3.44. The number of ether oxygens (including phenoxy) is 4. The van der Waals surface area contributed by atoms with Crippen molar-refractivity contribution in [1.29, 1.82) is 0 Å². The predicted molar refractivity (Wildman–Crippen MR) is 152 cm³/mol. The summed E-state index contributed by atoms with van der Waals surface area (Å²) in [5.74, 6) is -4.05. The lowest BCUT2D eigenvalue weighted by atomic mass is 9.83. The van der Waals surface area contributed by atoms with Gasteiger partial charge in [0.1, 0.15) is 18.8 Å². The molecule has 1 aromatic carbocycles. The first-order valence-corrected chi connectivity index (χ1v) is 14.1. The smallest absolute Gasteiger partial charge is 0.345 e. The number of carbonyl (C=O) groups excluding carboxylic acids is 5. The van der Waals surface area contributed by atoms with Crippen LogP contribution in [-0.4, -0.2) is 67.8 Å². The van der Waals surface area contributed by atoms with Gasteiger partial charge in [-0.3, -0.25) is 4.79 Å². The van der Waals surface area contributed by atoms with Crippen LogP contribution in [0.15, 0.2) is 37.3 Å². The number of carbonyl (C=O) groups is 5. The predicted octanol–water partition coefficient (Wildman–Crippen LogP) is 3.09. The van der Waals surface area contributed by atoms with E-state index in [-0.39, 0.29) is 25.9 Å². The Balaban J connectivity index is 2.19. The quantitative estimate of drug-likeness (QED) is 0.372. The number of fused-ring (bicyclic) bond motifs is 3. The first kappa shape index (κ1) is 29.6. The molecule has 3 N–H and O–H groups in total. The molecule has 0 saturated heterocycles. The van der Waals surface area contributed by atoms with E-state index < -0.39 is 39.4 Å². The summed E-state index contributed by atoms with van der Waals surface area (Å²) in [5.41, 5.74) is 6.95. The van der Waals surface area contributed by atoms with Crippen LogP contribution in [0.4, 0.5) is 5.69 Å². The fourth-order valence-corrected chi connectivity index (χ4v) is 9.69. The molecule has 40 heavy (non-hydrogen) atoms. The molecule has 212 valence electrons. The number of hydrogen-bond donors (Lipinski definition) is 2. The monoisotopic (exact) mass is 606 g/mol. The molecule has 0 aliphatic carbocycles. The molecular weight excluding hydrogens is 580 g/mol. The third-order valence-electron chi connectivity index (χ3n) is 6.34. The fraction of sp³-hybridized carbons (Fsp3) is 0.346. The van der Waals surface area contributed by atoms with E-state index in [9.17, 15) is 24.0 Å². The molecule has 0 saturated carbocycles. The first-order chi connectivity index (χ1) is 18.8. The van der Waals surface area contributed by atoms with Crippen molar-refractivity contribution in [3.8, 4) is 0 Å². The Labute approximate surface area is 242 Å². The van der Waals surface area contributed by atoms with Crippen molar-refractivity contribution in [3.05, 3.63) is 54.0 Å². The molecule has 14 heteroatoms. The maximum absolute atomic E-state index is 13.5. The molecule has 1 amide bonds. The van der Waals surface area contributed by atoms with E-state index in [0.29, 0.717) is 27.3 Å². The van der Waals surface area contributed by atoms with Crippen LogP contribution in [0.25, 0.3) is 5.57 Å².